The van der Waals surface area contributed by atoms with Gasteiger partial charge in [-0.25, -0.2) is 4.98 Å². The Morgan fingerprint density at radius 1 is 1.16 bits per heavy atom. The van der Waals surface area contributed by atoms with Gasteiger partial charge in [0, 0.05) is 6.20 Å². The molecule has 0 aliphatic rings. The van der Waals surface area contributed by atoms with Crippen LogP contribution in [0.15, 0.2) is 42.6 Å². The third kappa shape index (κ3) is 4.79. The first kappa shape index (κ1) is 18.4. The molecular weight excluding hydrogens is 318 g/mol. The molecule has 132 valence electrons. The lowest BCUT2D eigenvalue weighted by molar-refractivity contribution is -0.118. The number of nitrogens with zero attached hydrogens (tertiary/aromatic N) is 1. The molecule has 6 nitrogen and oxygen atoms in total. The zero-order valence-electron chi connectivity index (χ0n) is 14.9. The molecule has 0 radical (unpaired) electrons. The van der Waals surface area contributed by atoms with Gasteiger partial charge in [0.15, 0.2) is 0 Å². The summed E-state index contributed by atoms with van der Waals surface area (Å²) in [5.74, 6) is 0.161. The summed E-state index contributed by atoms with van der Waals surface area (Å²) in [5, 5.41) is 5.54. The van der Waals surface area contributed by atoms with Crippen molar-refractivity contribution in [3.63, 3.8) is 0 Å². The van der Waals surface area contributed by atoms with Crippen LogP contribution in [-0.2, 0) is 4.79 Å². The summed E-state index contributed by atoms with van der Waals surface area (Å²) < 4.78 is 5.21. The predicted molar refractivity (Wildman–Crippen MR) is 96.7 cm³/mol. The van der Waals surface area contributed by atoms with Gasteiger partial charge in [0.25, 0.3) is 5.91 Å². The Labute approximate surface area is 147 Å². The van der Waals surface area contributed by atoms with Gasteiger partial charge in [-0.1, -0.05) is 26.0 Å². The van der Waals surface area contributed by atoms with Crippen LogP contribution < -0.4 is 15.4 Å². The van der Waals surface area contributed by atoms with Crippen molar-refractivity contribution >= 4 is 17.6 Å². The first-order valence-electron chi connectivity index (χ1n) is 8.09. The number of methoxy groups -OCH3 is 1. The molecule has 1 aromatic heterocycles. The van der Waals surface area contributed by atoms with Crippen LogP contribution in [0.4, 0.5) is 5.82 Å². The van der Waals surface area contributed by atoms with E-state index in [1.165, 1.54) is 7.11 Å². The molecule has 0 aliphatic carbocycles. The van der Waals surface area contributed by atoms with E-state index in [2.05, 4.69) is 15.6 Å². The van der Waals surface area contributed by atoms with Crippen molar-refractivity contribution in [2.24, 2.45) is 5.92 Å². The number of ether oxygens (including phenoxy) is 1. The van der Waals surface area contributed by atoms with E-state index in [-0.39, 0.29) is 17.7 Å². The summed E-state index contributed by atoms with van der Waals surface area (Å²) >= 11 is 0. The molecule has 6 heteroatoms. The highest BCUT2D eigenvalue weighted by Crippen LogP contribution is 2.18. The van der Waals surface area contributed by atoms with E-state index in [0.29, 0.717) is 17.1 Å². The molecule has 25 heavy (non-hydrogen) atoms. The maximum atomic E-state index is 12.6. The second kappa shape index (κ2) is 8.28. The second-order valence-electron chi connectivity index (χ2n) is 6.10. The highest BCUT2D eigenvalue weighted by atomic mass is 16.5. The summed E-state index contributed by atoms with van der Waals surface area (Å²) in [5.41, 5.74) is 1.38. The molecule has 0 saturated carbocycles. The van der Waals surface area contributed by atoms with Crippen LogP contribution in [0.25, 0.3) is 0 Å². The number of rotatable bonds is 6. The summed E-state index contributed by atoms with van der Waals surface area (Å²) in [7, 11) is 1.50. The van der Waals surface area contributed by atoms with Gasteiger partial charge in [0.2, 0.25) is 5.91 Å². The molecule has 0 spiro atoms. The summed E-state index contributed by atoms with van der Waals surface area (Å²) in [6.45, 7) is 5.66. The van der Waals surface area contributed by atoms with Gasteiger partial charge < -0.3 is 15.4 Å². The van der Waals surface area contributed by atoms with Gasteiger partial charge in [0.05, 0.1) is 12.7 Å². The zero-order valence-corrected chi connectivity index (χ0v) is 14.9. The third-order valence-corrected chi connectivity index (χ3v) is 3.75. The van der Waals surface area contributed by atoms with Crippen molar-refractivity contribution in [3.05, 3.63) is 53.7 Å². The Bertz CT molecular complexity index is 759. The number of pyridine rings is 1. The molecule has 1 atom stereocenters. The molecule has 2 N–H and O–H groups in total. The predicted octanol–water partition coefficient (Wildman–Crippen LogP) is 2.79. The van der Waals surface area contributed by atoms with Crippen LogP contribution in [0.2, 0.25) is 0 Å². The minimum atomic E-state index is -0.695. The van der Waals surface area contributed by atoms with Crippen molar-refractivity contribution in [2.45, 2.75) is 26.8 Å². The molecule has 1 aromatic carbocycles. The molecule has 0 aliphatic heterocycles. The molecule has 2 amide bonds. The van der Waals surface area contributed by atoms with Crippen LogP contribution in [0.1, 0.15) is 29.8 Å². The van der Waals surface area contributed by atoms with Crippen molar-refractivity contribution < 1.29 is 14.3 Å². The number of hydrogen-bond donors (Lipinski definition) is 2. The van der Waals surface area contributed by atoms with E-state index in [1.807, 2.05) is 26.8 Å². The average Bonchev–Trinajstić information content (AvgIpc) is 2.59. The number of nitrogens with one attached hydrogen (secondary N) is 2. The second-order valence-corrected chi connectivity index (χ2v) is 6.10. The van der Waals surface area contributed by atoms with Crippen LogP contribution >= 0.6 is 0 Å². The Morgan fingerprint density at radius 2 is 1.88 bits per heavy atom. The quantitative estimate of drug-likeness (QED) is 0.847. The normalized spacial score (nSPS) is 11.7. The van der Waals surface area contributed by atoms with Crippen LogP contribution in [0.5, 0.6) is 5.75 Å². The number of anilines is 1. The van der Waals surface area contributed by atoms with Crippen LogP contribution in [-0.4, -0.2) is 29.9 Å². The number of carbonyl (C=O) groups excluding carboxylic acids is 2. The van der Waals surface area contributed by atoms with Gasteiger partial charge in [-0.05, 0) is 42.7 Å². The molecule has 0 fully saturated rings. The summed E-state index contributed by atoms with van der Waals surface area (Å²) in [6.07, 6.45) is 1.63. The Kier molecular flexibility index (Phi) is 6.11. The van der Waals surface area contributed by atoms with E-state index >= 15 is 0 Å². The van der Waals surface area contributed by atoms with Crippen LogP contribution in [0, 0.1) is 12.8 Å². The average molecular weight is 341 g/mol. The lowest BCUT2D eigenvalue weighted by atomic mass is 10.0. The molecule has 0 bridgehead atoms. The van der Waals surface area contributed by atoms with E-state index in [0.717, 1.165) is 5.56 Å². The summed E-state index contributed by atoms with van der Waals surface area (Å²) in [4.78, 5) is 29.3. The van der Waals surface area contributed by atoms with Crippen molar-refractivity contribution in [3.8, 4) is 5.75 Å². The highest BCUT2D eigenvalue weighted by Gasteiger charge is 2.26. The number of aromatic nitrogens is 1. The highest BCUT2D eigenvalue weighted by molar-refractivity contribution is 6.02. The first-order valence-corrected chi connectivity index (χ1v) is 8.09. The lowest BCUT2D eigenvalue weighted by Gasteiger charge is -2.22. The fourth-order valence-corrected chi connectivity index (χ4v) is 2.39. The molecule has 1 heterocycles. The molecule has 2 aromatic rings. The van der Waals surface area contributed by atoms with E-state index in [4.69, 9.17) is 4.74 Å². The van der Waals surface area contributed by atoms with E-state index in [9.17, 15) is 9.59 Å². The summed E-state index contributed by atoms with van der Waals surface area (Å²) in [6, 6.07) is 9.82. The largest absolute Gasteiger partial charge is 0.496 e. The van der Waals surface area contributed by atoms with Gasteiger partial charge >= 0.3 is 0 Å². The standard InChI is InChI=1S/C19H23N3O3/c1-12(2)17(19(24)21-16-11-13(3)9-10-20-16)22-18(23)14-7-5-6-8-15(14)25-4/h5-12,17H,1-4H3,(H,22,23)(H,20,21,24). The third-order valence-electron chi connectivity index (χ3n) is 3.75. The maximum absolute atomic E-state index is 12.6. The van der Waals surface area contributed by atoms with Gasteiger partial charge in [0.1, 0.15) is 17.6 Å². The van der Waals surface area contributed by atoms with E-state index < -0.39 is 6.04 Å². The first-order chi connectivity index (χ1) is 11.9. The number of para-hydroxylation sites is 1. The van der Waals surface area contributed by atoms with Gasteiger partial charge in [-0.3, -0.25) is 9.59 Å². The van der Waals surface area contributed by atoms with Crippen molar-refractivity contribution in [2.75, 3.05) is 12.4 Å². The zero-order chi connectivity index (χ0) is 18.4. The molecule has 0 saturated heterocycles. The molecule has 2 rings (SSSR count). The Balaban J connectivity index is 2.15. The number of carbonyl (C=O) groups is 2. The topological polar surface area (TPSA) is 80.3 Å². The minimum absolute atomic E-state index is 0.0940. The monoisotopic (exact) mass is 341 g/mol. The Hall–Kier alpha value is -2.89. The van der Waals surface area contributed by atoms with Gasteiger partial charge in [-0.15, -0.1) is 0 Å². The number of aryl methyl sites for hydroxylation is 1. The maximum Gasteiger partial charge on any atom is 0.255 e. The Morgan fingerprint density at radius 3 is 2.52 bits per heavy atom. The fourth-order valence-electron chi connectivity index (χ4n) is 2.39. The SMILES string of the molecule is COc1ccccc1C(=O)NC(C(=O)Nc1cc(C)ccn1)C(C)C. The number of amides is 2. The smallest absolute Gasteiger partial charge is 0.255 e. The van der Waals surface area contributed by atoms with E-state index in [1.54, 1.807) is 36.5 Å². The fraction of sp³-hybridized carbons (Fsp3) is 0.316. The molecular formula is C19H23N3O3. The lowest BCUT2D eigenvalue weighted by Crippen LogP contribution is -2.47. The minimum Gasteiger partial charge on any atom is -0.496 e. The number of benzene rings is 1. The van der Waals surface area contributed by atoms with Crippen molar-refractivity contribution in [1.82, 2.24) is 10.3 Å². The number of hydrogen-bond acceptors (Lipinski definition) is 4. The molecule has 1 unspecified atom stereocenters. The van der Waals surface area contributed by atoms with Gasteiger partial charge in [-0.2, -0.15) is 0 Å². The van der Waals surface area contributed by atoms with Crippen LogP contribution in [0.3, 0.4) is 0 Å². The van der Waals surface area contributed by atoms with Crippen molar-refractivity contribution in [1.29, 1.82) is 0 Å².